The van der Waals surface area contributed by atoms with Gasteiger partial charge in [0.15, 0.2) is 6.04 Å². The van der Waals surface area contributed by atoms with Crippen LogP contribution in [0.5, 0.6) is 0 Å². The van der Waals surface area contributed by atoms with E-state index < -0.39 is 36.0 Å². The molecule has 1 aliphatic rings. The monoisotopic (exact) mass is 353 g/mol. The Morgan fingerprint density at radius 3 is 2.38 bits per heavy atom. The van der Waals surface area contributed by atoms with Gasteiger partial charge in [0, 0.05) is 12.0 Å². The number of alkyl halides is 3. The Hall–Kier alpha value is -2.59. The molecule has 8 nitrogen and oxygen atoms in total. The van der Waals surface area contributed by atoms with Crippen LogP contribution in [0, 0.1) is 0 Å². The van der Waals surface area contributed by atoms with Crippen molar-refractivity contribution < 1.29 is 46.7 Å². The van der Waals surface area contributed by atoms with Crippen LogP contribution in [-0.4, -0.2) is 54.3 Å². The van der Waals surface area contributed by atoms with Crippen molar-refractivity contribution in [2.24, 2.45) is 0 Å². The molecule has 0 spiro atoms. The fourth-order valence-corrected chi connectivity index (χ4v) is 1.63. The van der Waals surface area contributed by atoms with E-state index in [1.165, 1.54) is 6.92 Å². The third kappa shape index (κ3) is 5.25. The van der Waals surface area contributed by atoms with E-state index in [1.54, 1.807) is 0 Å². The fraction of sp³-hybridized carbons (Fsp3) is 0.538. The molecule has 0 aromatic rings. The summed E-state index contributed by atoms with van der Waals surface area (Å²) in [5.41, 5.74) is 0.132. The molecule has 1 fully saturated rings. The van der Waals surface area contributed by atoms with E-state index in [9.17, 15) is 32.3 Å². The Labute approximate surface area is 134 Å². The molecule has 24 heavy (non-hydrogen) atoms. The van der Waals surface area contributed by atoms with Gasteiger partial charge in [0.05, 0.1) is 0 Å². The Bertz CT molecular complexity index is 558. The smallest absolute Gasteiger partial charge is 0.460 e. The van der Waals surface area contributed by atoms with Gasteiger partial charge in [0.2, 0.25) is 0 Å². The van der Waals surface area contributed by atoms with E-state index in [2.05, 4.69) is 20.9 Å². The first-order chi connectivity index (χ1) is 11.0. The van der Waals surface area contributed by atoms with Crippen molar-refractivity contribution in [2.75, 3.05) is 13.2 Å². The van der Waals surface area contributed by atoms with Gasteiger partial charge < -0.3 is 14.3 Å². The summed E-state index contributed by atoms with van der Waals surface area (Å²) in [6.07, 6.45) is -5.77. The molecule has 1 saturated heterocycles. The zero-order chi connectivity index (χ0) is 18.5. The van der Waals surface area contributed by atoms with Crippen molar-refractivity contribution in [3.8, 4) is 0 Å². The Kier molecular flexibility index (Phi) is 6.32. The van der Waals surface area contributed by atoms with Crippen LogP contribution in [0.2, 0.25) is 0 Å². The molecule has 0 N–H and O–H groups in total. The summed E-state index contributed by atoms with van der Waals surface area (Å²) in [6, 6.07) is -1.49. The van der Waals surface area contributed by atoms with E-state index in [-0.39, 0.29) is 36.7 Å². The third-order valence-corrected chi connectivity index (χ3v) is 2.75. The van der Waals surface area contributed by atoms with Crippen LogP contribution in [-0.2, 0) is 33.5 Å². The maximum absolute atomic E-state index is 12.2. The highest BCUT2D eigenvalue weighted by atomic mass is 19.4. The number of halogens is 3. The molecular weight excluding hydrogens is 339 g/mol. The van der Waals surface area contributed by atoms with Crippen molar-refractivity contribution in [1.82, 2.24) is 5.06 Å². The summed E-state index contributed by atoms with van der Waals surface area (Å²) >= 11 is 0. The number of carbonyl (C=O) groups excluding carboxylic acids is 4. The number of esters is 2. The Morgan fingerprint density at radius 1 is 1.25 bits per heavy atom. The minimum absolute atomic E-state index is 0.0536. The van der Waals surface area contributed by atoms with Gasteiger partial charge in [-0.3, -0.25) is 4.79 Å². The number of amides is 1. The average molecular weight is 353 g/mol. The topological polar surface area (TPSA) is 99.2 Å². The van der Waals surface area contributed by atoms with Gasteiger partial charge in [-0.2, -0.15) is 18.2 Å². The first-order valence-corrected chi connectivity index (χ1v) is 6.64. The highest BCUT2D eigenvalue weighted by molar-refractivity contribution is 5.89. The zero-order valence-electron chi connectivity index (χ0n) is 12.6. The summed E-state index contributed by atoms with van der Waals surface area (Å²) < 4.78 is 45.8. The largest absolute Gasteiger partial charge is 0.493 e. The second-order valence-electron chi connectivity index (χ2n) is 4.73. The highest BCUT2D eigenvalue weighted by Crippen LogP contribution is 2.24. The van der Waals surface area contributed by atoms with Gasteiger partial charge in [0.1, 0.15) is 13.2 Å². The predicted molar refractivity (Wildman–Crippen MR) is 68.7 cm³/mol. The standard InChI is InChI=1S/C13H14F3NO7/c1-7(2)10(19)22-5-6-23-11(20)8-3-4-9(18)17(8)24-12(21)13(14,15)16/h8H,1,3-6H2,2H3. The second-order valence-corrected chi connectivity index (χ2v) is 4.73. The number of carbonyl (C=O) groups is 4. The van der Waals surface area contributed by atoms with Crippen LogP contribution in [0.3, 0.4) is 0 Å². The third-order valence-electron chi connectivity index (χ3n) is 2.75. The van der Waals surface area contributed by atoms with Crippen molar-refractivity contribution >= 4 is 23.8 Å². The lowest BCUT2D eigenvalue weighted by Gasteiger charge is -2.22. The lowest BCUT2D eigenvalue weighted by molar-refractivity contribution is -0.240. The first-order valence-electron chi connectivity index (χ1n) is 6.64. The molecule has 1 rings (SSSR count). The number of hydroxylamine groups is 2. The second kappa shape index (κ2) is 7.79. The highest BCUT2D eigenvalue weighted by Gasteiger charge is 2.47. The van der Waals surface area contributed by atoms with Crippen molar-refractivity contribution in [2.45, 2.75) is 32.0 Å². The molecule has 1 aliphatic heterocycles. The quantitative estimate of drug-likeness (QED) is 0.393. The number of hydrogen-bond acceptors (Lipinski definition) is 7. The molecule has 1 atom stereocenters. The molecule has 0 bridgehead atoms. The SMILES string of the molecule is C=C(C)C(=O)OCCOC(=O)C1CCC(=O)N1OC(=O)C(F)(F)F. The van der Waals surface area contributed by atoms with Gasteiger partial charge in [-0.05, 0) is 13.3 Å². The summed E-state index contributed by atoms with van der Waals surface area (Å²) in [7, 11) is 0. The summed E-state index contributed by atoms with van der Waals surface area (Å²) in [5.74, 6) is -5.36. The van der Waals surface area contributed by atoms with Crippen LogP contribution in [0.1, 0.15) is 19.8 Å². The lowest BCUT2D eigenvalue weighted by atomic mass is 10.2. The molecule has 134 valence electrons. The van der Waals surface area contributed by atoms with Gasteiger partial charge in [-0.15, -0.1) is 0 Å². The van der Waals surface area contributed by atoms with Gasteiger partial charge >= 0.3 is 24.1 Å². The van der Waals surface area contributed by atoms with E-state index >= 15 is 0 Å². The normalized spacial score (nSPS) is 17.4. The number of nitrogens with zero attached hydrogens (tertiary/aromatic N) is 1. The van der Waals surface area contributed by atoms with Gasteiger partial charge in [-0.25, -0.2) is 14.4 Å². The van der Waals surface area contributed by atoms with E-state index in [0.29, 0.717) is 0 Å². The van der Waals surface area contributed by atoms with Crippen LogP contribution < -0.4 is 0 Å². The van der Waals surface area contributed by atoms with Crippen molar-refractivity contribution in [3.63, 3.8) is 0 Å². The molecule has 0 saturated carbocycles. The van der Waals surface area contributed by atoms with Crippen molar-refractivity contribution in [3.05, 3.63) is 12.2 Å². The molecule has 1 amide bonds. The number of ether oxygens (including phenoxy) is 2. The molecule has 1 unspecified atom stereocenters. The molecule has 0 aromatic heterocycles. The van der Waals surface area contributed by atoms with E-state index in [4.69, 9.17) is 0 Å². The molecule has 0 radical (unpaired) electrons. The van der Waals surface area contributed by atoms with Crippen LogP contribution in [0.15, 0.2) is 12.2 Å². The van der Waals surface area contributed by atoms with Crippen molar-refractivity contribution in [1.29, 1.82) is 0 Å². The van der Waals surface area contributed by atoms with Crippen LogP contribution in [0.25, 0.3) is 0 Å². The fourth-order valence-electron chi connectivity index (χ4n) is 1.63. The maximum atomic E-state index is 12.2. The summed E-state index contributed by atoms with van der Waals surface area (Å²) in [4.78, 5) is 49.0. The van der Waals surface area contributed by atoms with Gasteiger partial charge in [-0.1, -0.05) is 6.58 Å². The van der Waals surface area contributed by atoms with E-state index in [0.717, 1.165) is 0 Å². The molecule has 1 heterocycles. The first kappa shape index (κ1) is 19.5. The Morgan fingerprint density at radius 2 is 1.83 bits per heavy atom. The number of hydrogen-bond donors (Lipinski definition) is 0. The molecule has 0 aliphatic carbocycles. The maximum Gasteiger partial charge on any atom is 0.493 e. The van der Waals surface area contributed by atoms with Gasteiger partial charge in [0.25, 0.3) is 5.91 Å². The average Bonchev–Trinajstić information content (AvgIpc) is 2.83. The summed E-state index contributed by atoms with van der Waals surface area (Å²) in [5, 5.41) is 0.0536. The summed E-state index contributed by atoms with van der Waals surface area (Å²) in [6.45, 7) is 4.05. The molecule has 11 heteroatoms. The van der Waals surface area contributed by atoms with Crippen LogP contribution in [0.4, 0.5) is 13.2 Å². The number of rotatable bonds is 6. The van der Waals surface area contributed by atoms with Crippen LogP contribution >= 0.6 is 0 Å². The Balaban J connectivity index is 2.53. The lowest BCUT2D eigenvalue weighted by Crippen LogP contribution is -2.44. The minimum atomic E-state index is -5.31. The molecule has 0 aromatic carbocycles. The zero-order valence-corrected chi connectivity index (χ0v) is 12.6. The minimum Gasteiger partial charge on any atom is -0.460 e. The predicted octanol–water partition coefficient (Wildman–Crippen LogP) is 0.660. The van der Waals surface area contributed by atoms with E-state index in [1.807, 2.05) is 0 Å². The molecular formula is C13H14F3NO7.